The number of benzene rings is 2. The Bertz CT molecular complexity index is 755. The molecule has 0 spiro atoms. The maximum atomic E-state index is 5.93. The summed E-state index contributed by atoms with van der Waals surface area (Å²) in [4.78, 5) is 4.36. The number of aliphatic imine (C=N–C) groups is 1. The Labute approximate surface area is 161 Å². The summed E-state index contributed by atoms with van der Waals surface area (Å²) in [7, 11) is 3.23. The summed E-state index contributed by atoms with van der Waals surface area (Å²) in [6.45, 7) is 5.91. The second-order valence-corrected chi connectivity index (χ2v) is 6.24. The third-order valence-electron chi connectivity index (χ3n) is 4.16. The molecular weight excluding hydrogens is 342 g/mol. The molecule has 0 aliphatic heterocycles. The molecule has 0 heterocycles. The van der Waals surface area contributed by atoms with Crippen LogP contribution in [0.5, 0.6) is 17.2 Å². The fraction of sp³-hybridized carbons (Fsp3) is 0.381. The van der Waals surface area contributed by atoms with Crippen molar-refractivity contribution >= 4 is 5.96 Å². The van der Waals surface area contributed by atoms with E-state index in [4.69, 9.17) is 19.9 Å². The van der Waals surface area contributed by atoms with Crippen molar-refractivity contribution in [1.29, 1.82) is 0 Å². The lowest BCUT2D eigenvalue weighted by Gasteiger charge is -2.12. The standard InChI is InChI=1S/C21H29N3O3/c1-15-7-5-8-16(2)20(15)27-12-6-11-23-21(22)24-14-17-9-10-18(25-3)19(13-17)26-4/h5,7-10,13H,6,11-12,14H2,1-4H3,(H3,22,23,24). The van der Waals surface area contributed by atoms with Crippen LogP contribution in [0.25, 0.3) is 0 Å². The third kappa shape index (κ3) is 6.09. The van der Waals surface area contributed by atoms with Gasteiger partial charge in [0.05, 0.1) is 27.4 Å². The van der Waals surface area contributed by atoms with Crippen LogP contribution in [-0.2, 0) is 6.54 Å². The van der Waals surface area contributed by atoms with Crippen LogP contribution < -0.4 is 25.3 Å². The van der Waals surface area contributed by atoms with E-state index in [0.717, 1.165) is 28.9 Å². The SMILES string of the molecule is COc1ccc(CN=C(N)NCCCOc2c(C)cccc2C)cc1OC. The Morgan fingerprint density at radius 1 is 1.04 bits per heavy atom. The first-order chi connectivity index (χ1) is 13.0. The van der Waals surface area contributed by atoms with E-state index in [1.165, 1.54) is 0 Å². The molecule has 0 saturated heterocycles. The van der Waals surface area contributed by atoms with Crippen molar-refractivity contribution in [3.8, 4) is 17.2 Å². The Kier molecular flexibility index (Phi) is 7.79. The molecule has 0 radical (unpaired) electrons. The topological polar surface area (TPSA) is 78.1 Å². The van der Waals surface area contributed by atoms with Crippen LogP contribution in [0.4, 0.5) is 0 Å². The molecule has 6 nitrogen and oxygen atoms in total. The molecule has 0 aliphatic rings. The zero-order chi connectivity index (χ0) is 19.6. The number of nitrogens with two attached hydrogens (primary N) is 1. The van der Waals surface area contributed by atoms with Gasteiger partial charge in [-0.05, 0) is 49.1 Å². The molecule has 0 unspecified atom stereocenters. The molecule has 0 atom stereocenters. The van der Waals surface area contributed by atoms with Gasteiger partial charge in [-0.15, -0.1) is 0 Å². The summed E-state index contributed by atoms with van der Waals surface area (Å²) in [5.74, 6) is 2.75. The van der Waals surface area contributed by atoms with Crippen molar-refractivity contribution in [2.75, 3.05) is 27.4 Å². The van der Waals surface area contributed by atoms with Crippen LogP contribution in [0, 0.1) is 13.8 Å². The number of hydrogen-bond donors (Lipinski definition) is 2. The van der Waals surface area contributed by atoms with Gasteiger partial charge in [-0.2, -0.15) is 0 Å². The Morgan fingerprint density at radius 3 is 2.41 bits per heavy atom. The number of para-hydroxylation sites is 1. The van der Waals surface area contributed by atoms with E-state index < -0.39 is 0 Å². The van der Waals surface area contributed by atoms with Crippen molar-refractivity contribution in [3.05, 3.63) is 53.1 Å². The fourth-order valence-electron chi connectivity index (χ4n) is 2.70. The minimum Gasteiger partial charge on any atom is -0.493 e. The minimum absolute atomic E-state index is 0.414. The molecule has 2 rings (SSSR count). The summed E-state index contributed by atoms with van der Waals surface area (Å²) in [6, 6.07) is 11.8. The number of nitrogens with zero attached hydrogens (tertiary/aromatic N) is 1. The number of rotatable bonds is 9. The maximum absolute atomic E-state index is 5.93. The van der Waals surface area contributed by atoms with Crippen molar-refractivity contribution in [2.45, 2.75) is 26.8 Å². The fourth-order valence-corrected chi connectivity index (χ4v) is 2.70. The molecule has 3 N–H and O–H groups in total. The highest BCUT2D eigenvalue weighted by atomic mass is 16.5. The minimum atomic E-state index is 0.414. The monoisotopic (exact) mass is 371 g/mol. The molecule has 27 heavy (non-hydrogen) atoms. The van der Waals surface area contributed by atoms with Crippen molar-refractivity contribution < 1.29 is 14.2 Å². The molecule has 2 aromatic rings. The molecule has 0 aliphatic carbocycles. The maximum Gasteiger partial charge on any atom is 0.188 e. The summed E-state index contributed by atoms with van der Waals surface area (Å²) < 4.78 is 16.4. The summed E-state index contributed by atoms with van der Waals surface area (Å²) in [5.41, 5.74) is 9.23. The highest BCUT2D eigenvalue weighted by Gasteiger charge is 2.05. The molecule has 0 fully saturated rings. The number of guanidine groups is 1. The first-order valence-corrected chi connectivity index (χ1v) is 8.99. The first kappa shape index (κ1) is 20.4. The second-order valence-electron chi connectivity index (χ2n) is 6.24. The van der Waals surface area contributed by atoms with Gasteiger partial charge < -0.3 is 25.3 Å². The van der Waals surface area contributed by atoms with E-state index in [2.05, 4.69) is 36.3 Å². The van der Waals surface area contributed by atoms with Crippen LogP contribution in [0.3, 0.4) is 0 Å². The van der Waals surface area contributed by atoms with Crippen LogP contribution >= 0.6 is 0 Å². The summed E-state index contributed by atoms with van der Waals surface area (Å²) in [5, 5.41) is 3.11. The highest BCUT2D eigenvalue weighted by Crippen LogP contribution is 2.27. The van der Waals surface area contributed by atoms with Crippen molar-refractivity contribution in [1.82, 2.24) is 5.32 Å². The Balaban J connectivity index is 1.75. The smallest absolute Gasteiger partial charge is 0.188 e. The van der Waals surface area contributed by atoms with E-state index in [1.807, 2.05) is 24.3 Å². The lowest BCUT2D eigenvalue weighted by Crippen LogP contribution is -2.33. The Morgan fingerprint density at radius 2 is 1.74 bits per heavy atom. The molecule has 0 aromatic heterocycles. The quantitative estimate of drug-likeness (QED) is 0.402. The molecule has 0 saturated carbocycles. The van der Waals surface area contributed by atoms with Gasteiger partial charge in [0, 0.05) is 6.54 Å². The lowest BCUT2D eigenvalue weighted by atomic mass is 10.1. The van der Waals surface area contributed by atoms with E-state index in [1.54, 1.807) is 14.2 Å². The highest BCUT2D eigenvalue weighted by molar-refractivity contribution is 5.77. The van der Waals surface area contributed by atoms with Crippen LogP contribution in [-0.4, -0.2) is 33.3 Å². The number of hydrogen-bond acceptors (Lipinski definition) is 4. The summed E-state index contributed by atoms with van der Waals surface area (Å²) >= 11 is 0. The lowest BCUT2D eigenvalue weighted by molar-refractivity contribution is 0.307. The van der Waals surface area contributed by atoms with E-state index in [9.17, 15) is 0 Å². The van der Waals surface area contributed by atoms with Gasteiger partial charge in [-0.25, -0.2) is 4.99 Å². The largest absolute Gasteiger partial charge is 0.493 e. The predicted molar refractivity (Wildman–Crippen MR) is 109 cm³/mol. The van der Waals surface area contributed by atoms with Gasteiger partial charge in [-0.1, -0.05) is 24.3 Å². The van der Waals surface area contributed by atoms with E-state index in [-0.39, 0.29) is 0 Å². The Hall–Kier alpha value is -2.89. The average Bonchev–Trinajstić information content (AvgIpc) is 2.67. The van der Waals surface area contributed by atoms with Crippen LogP contribution in [0.15, 0.2) is 41.4 Å². The normalized spacial score (nSPS) is 11.2. The van der Waals surface area contributed by atoms with Crippen LogP contribution in [0.1, 0.15) is 23.1 Å². The van der Waals surface area contributed by atoms with Gasteiger partial charge in [0.15, 0.2) is 17.5 Å². The van der Waals surface area contributed by atoms with Gasteiger partial charge in [0.25, 0.3) is 0 Å². The average molecular weight is 371 g/mol. The van der Waals surface area contributed by atoms with Gasteiger partial charge >= 0.3 is 0 Å². The number of methoxy groups -OCH3 is 2. The first-order valence-electron chi connectivity index (χ1n) is 8.99. The van der Waals surface area contributed by atoms with Crippen molar-refractivity contribution in [3.63, 3.8) is 0 Å². The second kappa shape index (κ2) is 10.3. The number of ether oxygens (including phenoxy) is 3. The molecule has 0 bridgehead atoms. The zero-order valence-electron chi connectivity index (χ0n) is 16.5. The molecule has 0 amide bonds. The molecule has 2 aromatic carbocycles. The van der Waals surface area contributed by atoms with Gasteiger partial charge in [-0.3, -0.25) is 0 Å². The molecule has 146 valence electrons. The van der Waals surface area contributed by atoms with E-state index in [0.29, 0.717) is 37.2 Å². The van der Waals surface area contributed by atoms with Crippen LogP contribution in [0.2, 0.25) is 0 Å². The van der Waals surface area contributed by atoms with Crippen molar-refractivity contribution in [2.24, 2.45) is 10.7 Å². The molecular formula is C21H29N3O3. The summed E-state index contributed by atoms with van der Waals surface area (Å²) in [6.07, 6.45) is 0.834. The van der Waals surface area contributed by atoms with E-state index >= 15 is 0 Å². The third-order valence-corrected chi connectivity index (χ3v) is 4.16. The zero-order valence-corrected chi connectivity index (χ0v) is 16.5. The van der Waals surface area contributed by atoms with Gasteiger partial charge in [0.2, 0.25) is 0 Å². The predicted octanol–water partition coefficient (Wildman–Crippen LogP) is 3.19. The number of aryl methyl sites for hydroxylation is 2. The van der Waals surface area contributed by atoms with Gasteiger partial charge in [0.1, 0.15) is 5.75 Å². The molecule has 6 heteroatoms. The number of nitrogens with one attached hydrogen (secondary N) is 1.